The molecule has 2 aromatic rings. The summed E-state index contributed by atoms with van der Waals surface area (Å²) in [7, 11) is 0. The van der Waals surface area contributed by atoms with E-state index < -0.39 is 0 Å². The van der Waals surface area contributed by atoms with Crippen LogP contribution in [0.15, 0.2) is 30.3 Å². The summed E-state index contributed by atoms with van der Waals surface area (Å²) in [6.45, 7) is 0.474. The van der Waals surface area contributed by atoms with Gasteiger partial charge in [0.05, 0.1) is 5.69 Å². The Morgan fingerprint density at radius 1 is 1.21 bits per heavy atom. The van der Waals surface area contributed by atoms with Crippen LogP contribution in [0.4, 0.5) is 5.69 Å². The predicted molar refractivity (Wildman–Crippen MR) is 56.3 cm³/mol. The molecule has 0 amide bonds. The molecule has 0 radical (unpaired) electrons. The summed E-state index contributed by atoms with van der Waals surface area (Å²) < 4.78 is 0. The smallest absolute Gasteiger partial charge is 0.0924 e. The average molecular weight is 188 g/mol. The van der Waals surface area contributed by atoms with E-state index in [4.69, 9.17) is 11.5 Å². The normalized spacial score (nSPS) is 10.4. The number of benzene rings is 1. The molecule has 5 N–H and O–H groups in total. The zero-order chi connectivity index (χ0) is 9.97. The Hall–Kier alpha value is -1.81. The van der Waals surface area contributed by atoms with Gasteiger partial charge in [-0.1, -0.05) is 12.1 Å². The average Bonchev–Trinajstić information content (AvgIpc) is 2.67. The minimum Gasteiger partial charge on any atom is -0.399 e. The third kappa shape index (κ3) is 1.60. The molecule has 1 aromatic heterocycles. The van der Waals surface area contributed by atoms with Crippen molar-refractivity contribution in [3.05, 3.63) is 36.0 Å². The van der Waals surface area contributed by atoms with E-state index in [2.05, 4.69) is 10.2 Å². The maximum Gasteiger partial charge on any atom is 0.0924 e. The molecule has 14 heavy (non-hydrogen) atoms. The van der Waals surface area contributed by atoms with Crippen LogP contribution in [-0.4, -0.2) is 10.2 Å². The lowest BCUT2D eigenvalue weighted by Crippen LogP contribution is -1.95. The molecule has 0 aliphatic carbocycles. The van der Waals surface area contributed by atoms with Gasteiger partial charge >= 0.3 is 0 Å². The molecule has 0 atom stereocenters. The van der Waals surface area contributed by atoms with Crippen LogP contribution in [0.25, 0.3) is 11.3 Å². The Morgan fingerprint density at radius 3 is 2.50 bits per heavy atom. The molecule has 1 heterocycles. The molecule has 0 saturated heterocycles. The van der Waals surface area contributed by atoms with Crippen molar-refractivity contribution in [2.45, 2.75) is 6.54 Å². The second kappa shape index (κ2) is 3.51. The van der Waals surface area contributed by atoms with Crippen molar-refractivity contribution in [2.75, 3.05) is 5.73 Å². The van der Waals surface area contributed by atoms with Gasteiger partial charge in [-0.15, -0.1) is 0 Å². The van der Waals surface area contributed by atoms with E-state index >= 15 is 0 Å². The third-order valence-corrected chi connectivity index (χ3v) is 2.06. The molecule has 72 valence electrons. The minimum atomic E-state index is 0.474. The molecule has 4 nitrogen and oxygen atoms in total. The first kappa shape index (κ1) is 8.77. The number of H-pyrrole nitrogens is 1. The molecule has 0 spiro atoms. The van der Waals surface area contributed by atoms with E-state index in [0.717, 1.165) is 22.6 Å². The summed E-state index contributed by atoms with van der Waals surface area (Å²) in [5.74, 6) is 0. The van der Waals surface area contributed by atoms with Crippen molar-refractivity contribution >= 4 is 5.69 Å². The Kier molecular flexibility index (Phi) is 2.20. The maximum atomic E-state index is 5.59. The molecule has 2 rings (SSSR count). The van der Waals surface area contributed by atoms with E-state index in [9.17, 15) is 0 Å². The van der Waals surface area contributed by atoms with E-state index in [1.807, 2.05) is 30.3 Å². The van der Waals surface area contributed by atoms with Crippen LogP contribution in [0.5, 0.6) is 0 Å². The van der Waals surface area contributed by atoms with Gasteiger partial charge in [0.1, 0.15) is 0 Å². The zero-order valence-corrected chi connectivity index (χ0v) is 7.70. The van der Waals surface area contributed by atoms with Gasteiger partial charge in [-0.25, -0.2) is 0 Å². The first-order chi connectivity index (χ1) is 6.79. The summed E-state index contributed by atoms with van der Waals surface area (Å²) in [4.78, 5) is 0. The maximum absolute atomic E-state index is 5.59. The van der Waals surface area contributed by atoms with Crippen LogP contribution in [0.1, 0.15) is 5.69 Å². The summed E-state index contributed by atoms with van der Waals surface area (Å²) in [6.07, 6.45) is 0. The molecule has 0 aliphatic rings. The fraction of sp³-hybridized carbons (Fsp3) is 0.100. The lowest BCUT2D eigenvalue weighted by atomic mass is 10.1. The van der Waals surface area contributed by atoms with Crippen LogP contribution < -0.4 is 11.5 Å². The molecular formula is C10H12N4. The van der Waals surface area contributed by atoms with Gasteiger partial charge in [0.15, 0.2) is 0 Å². The van der Waals surface area contributed by atoms with Gasteiger partial charge in [0.25, 0.3) is 0 Å². The Bertz CT molecular complexity index is 416. The fourth-order valence-electron chi connectivity index (χ4n) is 1.27. The Morgan fingerprint density at radius 2 is 1.93 bits per heavy atom. The molecule has 0 saturated carbocycles. The lowest BCUT2D eigenvalue weighted by molar-refractivity contribution is 0.948. The standard InChI is InChI=1S/C10H12N4/c11-6-9-5-10(14-13-9)7-1-3-8(12)4-2-7/h1-5H,6,11-12H2,(H,13,14). The van der Waals surface area contributed by atoms with Crippen molar-refractivity contribution in [3.8, 4) is 11.3 Å². The summed E-state index contributed by atoms with van der Waals surface area (Å²) in [6, 6.07) is 9.52. The van der Waals surface area contributed by atoms with Crippen LogP contribution in [-0.2, 0) is 6.54 Å². The van der Waals surface area contributed by atoms with Crippen LogP contribution >= 0.6 is 0 Å². The molecular weight excluding hydrogens is 176 g/mol. The zero-order valence-electron chi connectivity index (χ0n) is 7.70. The Balaban J connectivity index is 2.34. The summed E-state index contributed by atoms with van der Waals surface area (Å²) >= 11 is 0. The number of aromatic nitrogens is 2. The third-order valence-electron chi connectivity index (χ3n) is 2.06. The number of hydrogen-bond acceptors (Lipinski definition) is 3. The number of anilines is 1. The molecule has 0 unspecified atom stereocenters. The topological polar surface area (TPSA) is 80.7 Å². The molecule has 4 heteroatoms. The number of hydrogen-bond donors (Lipinski definition) is 3. The minimum absolute atomic E-state index is 0.474. The van der Waals surface area contributed by atoms with Crippen LogP contribution in [0.2, 0.25) is 0 Å². The van der Waals surface area contributed by atoms with Crippen molar-refractivity contribution < 1.29 is 0 Å². The van der Waals surface area contributed by atoms with Crippen molar-refractivity contribution in [2.24, 2.45) is 5.73 Å². The molecule has 0 aliphatic heterocycles. The number of nitrogens with two attached hydrogens (primary N) is 2. The molecule has 1 aromatic carbocycles. The SMILES string of the molecule is NCc1cc(-c2ccc(N)cc2)n[nH]1. The van der Waals surface area contributed by atoms with Crippen LogP contribution in [0, 0.1) is 0 Å². The summed E-state index contributed by atoms with van der Waals surface area (Å²) in [5.41, 5.74) is 14.7. The first-order valence-corrected chi connectivity index (χ1v) is 4.40. The van der Waals surface area contributed by atoms with Gasteiger partial charge in [-0.2, -0.15) is 5.10 Å². The van der Waals surface area contributed by atoms with E-state index in [0.29, 0.717) is 6.54 Å². The highest BCUT2D eigenvalue weighted by Gasteiger charge is 2.01. The van der Waals surface area contributed by atoms with Crippen molar-refractivity contribution in [1.82, 2.24) is 10.2 Å². The van der Waals surface area contributed by atoms with Gasteiger partial charge < -0.3 is 11.5 Å². The van der Waals surface area contributed by atoms with Gasteiger partial charge in [-0.3, -0.25) is 5.10 Å². The first-order valence-electron chi connectivity index (χ1n) is 4.40. The van der Waals surface area contributed by atoms with Crippen LogP contribution in [0.3, 0.4) is 0 Å². The number of nitrogens with one attached hydrogen (secondary N) is 1. The predicted octanol–water partition coefficient (Wildman–Crippen LogP) is 1.12. The molecule has 0 bridgehead atoms. The van der Waals surface area contributed by atoms with Gasteiger partial charge in [0, 0.05) is 23.5 Å². The number of rotatable bonds is 2. The largest absolute Gasteiger partial charge is 0.399 e. The highest BCUT2D eigenvalue weighted by molar-refractivity contribution is 5.61. The summed E-state index contributed by atoms with van der Waals surface area (Å²) in [5, 5.41) is 7.00. The van der Waals surface area contributed by atoms with E-state index in [-0.39, 0.29) is 0 Å². The van der Waals surface area contributed by atoms with Gasteiger partial charge in [0.2, 0.25) is 0 Å². The monoisotopic (exact) mass is 188 g/mol. The van der Waals surface area contributed by atoms with Gasteiger partial charge in [-0.05, 0) is 18.2 Å². The van der Waals surface area contributed by atoms with E-state index in [1.165, 1.54) is 0 Å². The second-order valence-electron chi connectivity index (χ2n) is 3.10. The highest BCUT2D eigenvalue weighted by atomic mass is 15.1. The van der Waals surface area contributed by atoms with Crippen molar-refractivity contribution in [1.29, 1.82) is 0 Å². The number of nitrogens with zero attached hydrogens (tertiary/aromatic N) is 1. The Labute approximate surface area is 81.9 Å². The number of nitrogen functional groups attached to an aromatic ring is 1. The van der Waals surface area contributed by atoms with Crippen molar-refractivity contribution in [3.63, 3.8) is 0 Å². The fourth-order valence-corrected chi connectivity index (χ4v) is 1.27. The number of aromatic amines is 1. The highest BCUT2D eigenvalue weighted by Crippen LogP contribution is 2.18. The van der Waals surface area contributed by atoms with E-state index in [1.54, 1.807) is 0 Å². The second-order valence-corrected chi connectivity index (χ2v) is 3.10. The lowest BCUT2D eigenvalue weighted by Gasteiger charge is -1.96. The quantitative estimate of drug-likeness (QED) is 0.618. The molecule has 0 fully saturated rings.